The van der Waals surface area contributed by atoms with Gasteiger partial charge in [-0.05, 0) is 70.2 Å². The van der Waals surface area contributed by atoms with Crippen LogP contribution in [0.1, 0.15) is 27.7 Å². The molecule has 348 valence electrons. The summed E-state index contributed by atoms with van der Waals surface area (Å²) in [6, 6.07) is 21.9. The highest BCUT2D eigenvalue weighted by Crippen LogP contribution is 2.42. The predicted octanol–water partition coefficient (Wildman–Crippen LogP) is 6.93. The number of aliphatic hydroxyl groups is 2. The van der Waals surface area contributed by atoms with E-state index in [1.807, 2.05) is 70.2 Å². The Hall–Kier alpha value is -6.86. The molecule has 0 aliphatic carbocycles. The molecule has 0 fully saturated rings. The summed E-state index contributed by atoms with van der Waals surface area (Å²) < 4.78 is 70.2. The molecule has 0 radical (unpaired) electrons. The molecule has 5 N–H and O–H groups in total. The second kappa shape index (κ2) is 24.8. The molecule has 0 spiro atoms. The summed E-state index contributed by atoms with van der Waals surface area (Å²) in [5.41, 5.74) is 3.91. The van der Waals surface area contributed by atoms with Gasteiger partial charge in [0.15, 0.2) is 0 Å². The fourth-order valence-electron chi connectivity index (χ4n) is 6.27. The molecular weight excluding hydrogens is 885 g/mol. The fourth-order valence-corrected chi connectivity index (χ4v) is 6.79. The van der Waals surface area contributed by atoms with Gasteiger partial charge in [0, 0.05) is 51.4 Å². The smallest absolute Gasteiger partial charge is 0.425 e. The summed E-state index contributed by atoms with van der Waals surface area (Å²) in [6.45, 7) is 10.5. The third-order valence-corrected chi connectivity index (χ3v) is 10.2. The van der Waals surface area contributed by atoms with Gasteiger partial charge in [0.05, 0.1) is 66.5 Å². The van der Waals surface area contributed by atoms with Crippen molar-refractivity contribution >= 4 is 84.1 Å². The van der Waals surface area contributed by atoms with E-state index in [2.05, 4.69) is 40.9 Å². The summed E-state index contributed by atoms with van der Waals surface area (Å²) in [5.74, 6) is 1.35. The first kappa shape index (κ1) is 50.8. The molecule has 65 heavy (non-hydrogen) atoms. The Bertz CT molecular complexity index is 2620. The monoisotopic (exact) mass is 936 g/mol. The maximum atomic E-state index is 11.9. The Labute approximate surface area is 378 Å². The number of nitrogens with zero attached hydrogens (tertiary/aromatic N) is 10. The van der Waals surface area contributed by atoms with Crippen molar-refractivity contribution in [1.29, 1.82) is 0 Å². The SMILES string of the molecule is CCN(CC)c1cc(Nc2nc(Nc3cc(N(CC)CC)c(OC)cc3N=Nc3cccc(S(=O)(=O)O)c3)nc(N(CCO)CCO)n2)c(N=Nc2ccccc2)cc1OC.O=S(=O)=O. The van der Waals surface area contributed by atoms with Gasteiger partial charge >= 0.3 is 10.6 Å². The lowest BCUT2D eigenvalue weighted by Crippen LogP contribution is -2.31. The van der Waals surface area contributed by atoms with E-state index < -0.39 is 20.7 Å². The zero-order chi connectivity index (χ0) is 47.5. The van der Waals surface area contributed by atoms with Gasteiger partial charge in [0.2, 0.25) is 17.8 Å². The van der Waals surface area contributed by atoms with Crippen molar-refractivity contribution < 1.29 is 45.3 Å². The van der Waals surface area contributed by atoms with E-state index in [-0.39, 0.29) is 60.4 Å². The summed E-state index contributed by atoms with van der Waals surface area (Å²) in [7, 11) is -4.47. The first-order chi connectivity index (χ1) is 31.2. The van der Waals surface area contributed by atoms with Crippen LogP contribution in [0, 0.1) is 0 Å². The summed E-state index contributed by atoms with van der Waals surface area (Å²) in [5, 5.41) is 44.4. The van der Waals surface area contributed by atoms with Gasteiger partial charge in [-0.3, -0.25) is 4.55 Å². The number of methoxy groups -OCH3 is 2. The first-order valence-corrected chi connectivity index (χ1v) is 22.6. The standard InChI is InChI=1S/C41H52N12O7S.O3S/c1-7-51(8-2)35-24-31(33(26-37(35)59-5)49-47-28-15-12-11-13-16-28)42-39-44-40(46-41(45-39)53(19-21-54)20-22-55)43-32-25-36(52(9-3)10-4)38(60-6)27-34(32)50-48-29-17-14-18-30(23-29)61(56,57)58;1-4(2)3/h11-18,23-27,54-55H,7-10,19-22H2,1-6H3,(H,56,57,58)(H2,42,43,44,45,46);. The number of ether oxygens (including phenoxy) is 2. The number of benzene rings is 4. The largest absolute Gasteiger partial charge is 0.494 e. The molecular formula is C41H52N12O10S2. The number of aliphatic hydroxyl groups excluding tert-OH is 2. The van der Waals surface area contributed by atoms with Gasteiger partial charge in [0.25, 0.3) is 10.1 Å². The minimum Gasteiger partial charge on any atom is -0.494 e. The molecule has 0 bridgehead atoms. The average Bonchev–Trinajstić information content (AvgIpc) is 3.29. The number of aromatic nitrogens is 3. The Morgan fingerprint density at radius 1 is 0.615 bits per heavy atom. The van der Waals surface area contributed by atoms with Gasteiger partial charge in [-0.2, -0.15) is 33.6 Å². The normalized spacial score (nSPS) is 11.2. The van der Waals surface area contributed by atoms with Crippen LogP contribution in [0.25, 0.3) is 0 Å². The lowest BCUT2D eigenvalue weighted by Gasteiger charge is -2.25. The lowest BCUT2D eigenvalue weighted by atomic mass is 10.2. The molecule has 0 saturated heterocycles. The van der Waals surface area contributed by atoms with Crippen LogP contribution in [0.2, 0.25) is 0 Å². The Balaban J connectivity index is 0.00000222. The highest BCUT2D eigenvalue weighted by Gasteiger charge is 2.21. The third-order valence-electron chi connectivity index (χ3n) is 9.36. The predicted molar refractivity (Wildman–Crippen MR) is 247 cm³/mol. The van der Waals surface area contributed by atoms with Crippen molar-refractivity contribution in [3.05, 3.63) is 78.9 Å². The van der Waals surface area contributed by atoms with E-state index in [9.17, 15) is 23.2 Å². The molecule has 0 aliphatic rings. The highest BCUT2D eigenvalue weighted by atomic mass is 32.2. The van der Waals surface area contributed by atoms with E-state index in [1.165, 1.54) is 25.3 Å². The van der Waals surface area contributed by atoms with Crippen LogP contribution in [0.15, 0.2) is 104 Å². The molecule has 0 unspecified atom stereocenters. The molecule has 5 aromatic rings. The summed E-state index contributed by atoms with van der Waals surface area (Å²) in [6.07, 6.45) is 0. The Kier molecular flexibility index (Phi) is 19.4. The number of rotatable bonds is 22. The molecule has 0 saturated carbocycles. The molecule has 0 atom stereocenters. The highest BCUT2D eigenvalue weighted by molar-refractivity contribution is 7.85. The minimum absolute atomic E-state index is 0.0544. The van der Waals surface area contributed by atoms with Crippen LogP contribution >= 0.6 is 0 Å². The van der Waals surface area contributed by atoms with Crippen molar-refractivity contribution in [1.82, 2.24) is 15.0 Å². The van der Waals surface area contributed by atoms with Gasteiger partial charge < -0.3 is 45.0 Å². The van der Waals surface area contributed by atoms with Gasteiger partial charge in [0.1, 0.15) is 22.9 Å². The van der Waals surface area contributed by atoms with Gasteiger partial charge in [-0.1, -0.05) is 24.3 Å². The maximum absolute atomic E-state index is 11.9. The number of nitrogens with one attached hydrogen (secondary N) is 2. The first-order valence-electron chi connectivity index (χ1n) is 20.2. The fraction of sp³-hybridized carbons (Fsp3) is 0.341. The van der Waals surface area contributed by atoms with Crippen LogP contribution in [-0.2, 0) is 20.7 Å². The van der Waals surface area contributed by atoms with Crippen molar-refractivity contribution in [3.63, 3.8) is 0 Å². The van der Waals surface area contributed by atoms with Crippen molar-refractivity contribution in [2.24, 2.45) is 20.5 Å². The number of anilines is 7. The molecule has 24 heteroatoms. The van der Waals surface area contributed by atoms with Crippen LogP contribution < -0.4 is 34.8 Å². The van der Waals surface area contributed by atoms with Gasteiger partial charge in [-0.25, -0.2) is 0 Å². The van der Waals surface area contributed by atoms with Crippen molar-refractivity contribution in [3.8, 4) is 11.5 Å². The molecule has 0 amide bonds. The Morgan fingerprint density at radius 2 is 1.06 bits per heavy atom. The molecule has 0 aliphatic heterocycles. The molecule has 1 heterocycles. The molecule has 22 nitrogen and oxygen atoms in total. The van der Waals surface area contributed by atoms with E-state index in [0.717, 1.165) is 11.4 Å². The van der Waals surface area contributed by atoms with Crippen molar-refractivity contribution in [2.45, 2.75) is 32.6 Å². The average molecular weight is 937 g/mol. The zero-order valence-electron chi connectivity index (χ0n) is 36.7. The summed E-state index contributed by atoms with van der Waals surface area (Å²) in [4.78, 5) is 19.7. The number of azo groups is 2. The van der Waals surface area contributed by atoms with E-state index in [4.69, 9.17) is 37.1 Å². The van der Waals surface area contributed by atoms with Crippen LogP contribution in [0.4, 0.5) is 63.3 Å². The quantitative estimate of drug-likeness (QED) is 0.0347. The molecule has 4 aromatic carbocycles. The second-order valence-corrected chi connectivity index (χ2v) is 15.1. The maximum Gasteiger partial charge on any atom is 0.425 e. The van der Waals surface area contributed by atoms with E-state index in [1.54, 1.807) is 30.2 Å². The summed E-state index contributed by atoms with van der Waals surface area (Å²) >= 11 is 0. The van der Waals surface area contributed by atoms with Crippen LogP contribution in [0.5, 0.6) is 11.5 Å². The lowest BCUT2D eigenvalue weighted by molar-refractivity contribution is 0.280. The van der Waals surface area contributed by atoms with Crippen LogP contribution in [-0.4, -0.2) is 117 Å². The van der Waals surface area contributed by atoms with Gasteiger partial charge in [-0.15, -0.1) is 22.9 Å². The number of hydrogen-bond donors (Lipinski definition) is 5. The number of hydrogen-bond acceptors (Lipinski definition) is 21. The molecule has 5 rings (SSSR count). The third kappa shape index (κ3) is 14.6. The zero-order valence-corrected chi connectivity index (χ0v) is 38.3. The van der Waals surface area contributed by atoms with E-state index >= 15 is 0 Å². The second-order valence-electron chi connectivity index (χ2n) is 13.3. The van der Waals surface area contributed by atoms with E-state index in [0.29, 0.717) is 60.4 Å². The Morgan fingerprint density at radius 3 is 1.48 bits per heavy atom. The van der Waals surface area contributed by atoms with Crippen molar-refractivity contribution in [2.75, 3.05) is 92.0 Å². The minimum atomic E-state index is -4.49. The topological polar surface area (TPSA) is 286 Å². The molecule has 1 aromatic heterocycles. The van der Waals surface area contributed by atoms with Crippen LogP contribution in [0.3, 0.4) is 0 Å².